The van der Waals surface area contributed by atoms with E-state index < -0.39 is 17.5 Å². The lowest BCUT2D eigenvalue weighted by atomic mass is 9.94. The van der Waals surface area contributed by atoms with Gasteiger partial charge in [-0.1, -0.05) is 0 Å². The van der Waals surface area contributed by atoms with E-state index in [1.165, 1.54) is 12.1 Å². The van der Waals surface area contributed by atoms with Gasteiger partial charge in [0.15, 0.2) is 11.6 Å². The van der Waals surface area contributed by atoms with Crippen LogP contribution in [0.1, 0.15) is 40.5 Å². The van der Waals surface area contributed by atoms with Crippen LogP contribution in [0.4, 0.5) is 14.9 Å². The second-order valence-corrected chi connectivity index (χ2v) is 7.07. The molecule has 0 aliphatic carbocycles. The van der Waals surface area contributed by atoms with Gasteiger partial charge in [-0.3, -0.25) is 5.32 Å². The largest absolute Gasteiger partial charge is 0.484 e. The molecule has 0 spiro atoms. The summed E-state index contributed by atoms with van der Waals surface area (Å²) < 4.78 is 25.2. The Morgan fingerprint density at radius 3 is 2.52 bits per heavy atom. The minimum Gasteiger partial charge on any atom is -0.484 e. The molecule has 0 atom stereocenters. The Bertz CT molecular complexity index is 563. The number of hydrogen-bond acceptors (Lipinski definition) is 4. The molecule has 1 aliphatic rings. The van der Waals surface area contributed by atoms with E-state index in [1.54, 1.807) is 26.8 Å². The van der Waals surface area contributed by atoms with Gasteiger partial charge in [0.1, 0.15) is 11.2 Å². The van der Waals surface area contributed by atoms with Crippen LogP contribution in [-0.4, -0.2) is 30.4 Å². The molecular formula is C17H25FN2O3. The fourth-order valence-electron chi connectivity index (χ4n) is 2.41. The van der Waals surface area contributed by atoms with Gasteiger partial charge in [-0.05, 0) is 65.8 Å². The second-order valence-electron chi connectivity index (χ2n) is 7.07. The van der Waals surface area contributed by atoms with Crippen molar-refractivity contribution in [2.75, 3.05) is 18.4 Å². The molecule has 0 aromatic heterocycles. The Kier molecular flexibility index (Phi) is 5.14. The number of carbonyl (C=O) groups is 1. The number of nitrogens with one attached hydrogen (secondary N) is 2. The van der Waals surface area contributed by atoms with Crippen molar-refractivity contribution >= 4 is 11.8 Å². The van der Waals surface area contributed by atoms with Crippen LogP contribution >= 0.6 is 0 Å². The maximum Gasteiger partial charge on any atom is 0.412 e. The summed E-state index contributed by atoms with van der Waals surface area (Å²) in [6.45, 7) is 9.00. The van der Waals surface area contributed by atoms with Gasteiger partial charge in [-0.25, -0.2) is 9.18 Å². The summed E-state index contributed by atoms with van der Waals surface area (Å²) in [5.41, 5.74) is -0.638. The molecule has 1 aliphatic heterocycles. The van der Waals surface area contributed by atoms with E-state index in [4.69, 9.17) is 9.47 Å². The van der Waals surface area contributed by atoms with Gasteiger partial charge in [0, 0.05) is 11.8 Å². The predicted molar refractivity (Wildman–Crippen MR) is 87.4 cm³/mol. The number of hydrogen-bond donors (Lipinski definition) is 2. The van der Waals surface area contributed by atoms with E-state index in [2.05, 4.69) is 10.6 Å². The zero-order chi connectivity index (χ0) is 17.1. The van der Waals surface area contributed by atoms with E-state index in [0.29, 0.717) is 5.69 Å². The number of piperidine rings is 1. The van der Waals surface area contributed by atoms with Gasteiger partial charge in [0.05, 0.1) is 0 Å². The summed E-state index contributed by atoms with van der Waals surface area (Å²) in [5.74, 6) is -0.303. The molecule has 23 heavy (non-hydrogen) atoms. The van der Waals surface area contributed by atoms with Crippen molar-refractivity contribution in [1.82, 2.24) is 5.32 Å². The molecule has 0 radical (unpaired) electrons. The molecule has 1 aromatic rings. The van der Waals surface area contributed by atoms with Gasteiger partial charge in [-0.15, -0.1) is 0 Å². The molecule has 0 bridgehead atoms. The second kappa shape index (κ2) is 6.74. The lowest BCUT2D eigenvalue weighted by Gasteiger charge is -2.34. The first kappa shape index (κ1) is 17.5. The number of ether oxygens (including phenoxy) is 2. The average Bonchev–Trinajstić information content (AvgIpc) is 2.40. The van der Waals surface area contributed by atoms with Gasteiger partial charge < -0.3 is 14.8 Å². The van der Waals surface area contributed by atoms with Crippen LogP contribution in [0.15, 0.2) is 18.2 Å². The highest BCUT2D eigenvalue weighted by Crippen LogP contribution is 2.29. The van der Waals surface area contributed by atoms with Crippen LogP contribution in [-0.2, 0) is 4.74 Å². The number of halogens is 1. The van der Waals surface area contributed by atoms with Gasteiger partial charge in [-0.2, -0.15) is 0 Å². The number of carbonyl (C=O) groups excluding carboxylic acids is 1. The Hall–Kier alpha value is -1.82. The van der Waals surface area contributed by atoms with Crippen molar-refractivity contribution in [3.63, 3.8) is 0 Å². The summed E-state index contributed by atoms with van der Waals surface area (Å²) in [6.07, 6.45) is 1.03. The number of anilines is 1. The molecule has 1 heterocycles. The first-order valence-electron chi connectivity index (χ1n) is 7.86. The van der Waals surface area contributed by atoms with Crippen molar-refractivity contribution in [3.8, 4) is 5.75 Å². The Balaban J connectivity index is 2.01. The highest BCUT2D eigenvalue weighted by molar-refractivity contribution is 5.84. The highest BCUT2D eigenvalue weighted by atomic mass is 19.1. The van der Waals surface area contributed by atoms with E-state index in [1.807, 2.05) is 6.92 Å². The summed E-state index contributed by atoms with van der Waals surface area (Å²) in [5, 5.41) is 5.77. The smallest absolute Gasteiger partial charge is 0.412 e. The maximum atomic E-state index is 14.2. The van der Waals surface area contributed by atoms with E-state index >= 15 is 0 Å². The molecule has 2 N–H and O–H groups in total. The molecule has 1 saturated heterocycles. The zero-order valence-corrected chi connectivity index (χ0v) is 14.2. The van der Waals surface area contributed by atoms with Gasteiger partial charge in [0.2, 0.25) is 0 Å². The van der Waals surface area contributed by atoms with E-state index in [-0.39, 0.29) is 11.4 Å². The first-order valence-corrected chi connectivity index (χ1v) is 7.86. The van der Waals surface area contributed by atoms with Crippen LogP contribution in [0.2, 0.25) is 0 Å². The fourth-order valence-corrected chi connectivity index (χ4v) is 2.41. The number of amides is 1. The third-order valence-electron chi connectivity index (χ3n) is 3.59. The Morgan fingerprint density at radius 2 is 1.96 bits per heavy atom. The Labute approximate surface area is 136 Å². The fraction of sp³-hybridized carbons (Fsp3) is 0.588. The summed E-state index contributed by atoms with van der Waals surface area (Å²) in [7, 11) is 0. The zero-order valence-electron chi connectivity index (χ0n) is 14.2. The topological polar surface area (TPSA) is 59.6 Å². The number of rotatable bonds is 3. The van der Waals surface area contributed by atoms with Crippen molar-refractivity contribution in [2.45, 2.75) is 51.7 Å². The average molecular weight is 324 g/mol. The van der Waals surface area contributed by atoms with Crippen molar-refractivity contribution in [1.29, 1.82) is 0 Å². The minimum absolute atomic E-state index is 0.198. The van der Waals surface area contributed by atoms with Crippen LogP contribution in [0, 0.1) is 5.82 Å². The molecule has 1 aromatic carbocycles. The molecule has 6 heteroatoms. The highest BCUT2D eigenvalue weighted by Gasteiger charge is 2.29. The van der Waals surface area contributed by atoms with Crippen LogP contribution in [0.25, 0.3) is 0 Å². The molecule has 0 saturated carbocycles. The molecule has 1 fully saturated rings. The third kappa shape index (κ3) is 5.39. The standard InChI is InChI=1S/C17H25FN2O3/c1-16(2,3)23-15(21)20-12-5-6-14(13(18)11-12)22-17(4)7-9-19-10-8-17/h5-6,11,19H,7-10H2,1-4H3,(H,20,21). The monoisotopic (exact) mass is 324 g/mol. The first-order chi connectivity index (χ1) is 10.7. The number of benzene rings is 1. The van der Waals surface area contributed by atoms with Crippen LogP contribution in [0.5, 0.6) is 5.75 Å². The van der Waals surface area contributed by atoms with E-state index in [9.17, 15) is 9.18 Å². The Morgan fingerprint density at radius 1 is 1.30 bits per heavy atom. The lowest BCUT2D eigenvalue weighted by Crippen LogP contribution is -2.44. The predicted octanol–water partition coefficient (Wildman–Crippen LogP) is 3.69. The quantitative estimate of drug-likeness (QED) is 0.890. The van der Waals surface area contributed by atoms with Crippen molar-refractivity contribution in [3.05, 3.63) is 24.0 Å². The van der Waals surface area contributed by atoms with E-state index in [0.717, 1.165) is 25.9 Å². The third-order valence-corrected chi connectivity index (χ3v) is 3.59. The lowest BCUT2D eigenvalue weighted by molar-refractivity contribution is 0.0514. The SMILES string of the molecule is CC(C)(C)OC(=O)Nc1ccc(OC2(C)CCNCC2)c(F)c1. The molecule has 5 nitrogen and oxygen atoms in total. The van der Waals surface area contributed by atoms with Crippen molar-refractivity contribution in [2.24, 2.45) is 0 Å². The molecule has 2 rings (SSSR count). The maximum absolute atomic E-state index is 14.2. The molecule has 0 unspecified atom stereocenters. The summed E-state index contributed by atoms with van der Waals surface area (Å²) in [6, 6.07) is 4.38. The van der Waals surface area contributed by atoms with Crippen LogP contribution < -0.4 is 15.4 Å². The summed E-state index contributed by atoms with van der Waals surface area (Å²) >= 11 is 0. The van der Waals surface area contributed by atoms with Gasteiger partial charge >= 0.3 is 6.09 Å². The molecule has 1 amide bonds. The minimum atomic E-state index is -0.615. The normalized spacial score (nSPS) is 17.4. The summed E-state index contributed by atoms with van der Waals surface area (Å²) in [4.78, 5) is 11.7. The van der Waals surface area contributed by atoms with Crippen LogP contribution in [0.3, 0.4) is 0 Å². The van der Waals surface area contributed by atoms with Gasteiger partial charge in [0.25, 0.3) is 0 Å². The molecule has 128 valence electrons. The van der Waals surface area contributed by atoms with Crippen molar-refractivity contribution < 1.29 is 18.7 Å². The molecular weight excluding hydrogens is 299 g/mol.